The molecule has 1 aliphatic heterocycles. The van der Waals surface area contributed by atoms with Crippen LogP contribution in [0.3, 0.4) is 0 Å². The fourth-order valence-corrected chi connectivity index (χ4v) is 3.62. The minimum Gasteiger partial charge on any atom is -0.368 e. The number of nitrogens with zero attached hydrogens (tertiary/aromatic N) is 3. The van der Waals surface area contributed by atoms with Gasteiger partial charge in [-0.1, -0.05) is 48.5 Å². The molecule has 6 heteroatoms. The van der Waals surface area contributed by atoms with Gasteiger partial charge >= 0.3 is 0 Å². The predicted octanol–water partition coefficient (Wildman–Crippen LogP) is 4.22. The van der Waals surface area contributed by atoms with Crippen molar-refractivity contribution < 1.29 is 14.1 Å². The van der Waals surface area contributed by atoms with Gasteiger partial charge in [-0.3, -0.25) is 4.79 Å². The van der Waals surface area contributed by atoms with E-state index in [0.717, 1.165) is 40.4 Å². The van der Waals surface area contributed by atoms with Gasteiger partial charge in [0.15, 0.2) is 0 Å². The summed E-state index contributed by atoms with van der Waals surface area (Å²) in [5.74, 6) is 0.802. The van der Waals surface area contributed by atoms with Gasteiger partial charge in [-0.05, 0) is 30.7 Å². The maximum absolute atomic E-state index is 12.7. The topological polar surface area (TPSA) is 68.5 Å². The number of carbonyl (C=O) groups is 1. The Hall–Kier alpha value is -3.25. The first-order valence-electron chi connectivity index (χ1n) is 10.2. The second-order valence-corrected chi connectivity index (χ2v) is 7.26. The normalized spacial score (nSPS) is 16.9. The molecular weight excluding hydrogens is 378 g/mol. The predicted molar refractivity (Wildman–Crippen MR) is 115 cm³/mol. The van der Waals surface area contributed by atoms with Crippen molar-refractivity contribution in [2.45, 2.75) is 26.4 Å². The summed E-state index contributed by atoms with van der Waals surface area (Å²) in [5, 5.41) is 4.08. The van der Waals surface area contributed by atoms with Crippen LogP contribution in [0.4, 0.5) is 0 Å². The molecule has 0 unspecified atom stereocenters. The summed E-state index contributed by atoms with van der Waals surface area (Å²) in [6.45, 7) is 5.47. The zero-order chi connectivity index (χ0) is 20.9. The zero-order valence-corrected chi connectivity index (χ0v) is 17.2. The van der Waals surface area contributed by atoms with E-state index in [1.54, 1.807) is 6.08 Å². The number of aryl methyl sites for hydroxylation is 2. The van der Waals surface area contributed by atoms with Crippen molar-refractivity contribution in [2.24, 2.45) is 0 Å². The molecule has 30 heavy (non-hydrogen) atoms. The molecule has 1 saturated heterocycles. The molecule has 154 valence electrons. The molecule has 3 aromatic rings. The fraction of sp³-hybridized carbons (Fsp3) is 0.292. The number of rotatable bonds is 5. The molecule has 4 rings (SSSR count). The van der Waals surface area contributed by atoms with Crippen LogP contribution in [0.15, 0.2) is 59.1 Å². The molecular formula is C24H25N3O3. The van der Waals surface area contributed by atoms with Crippen LogP contribution in [-0.2, 0) is 16.0 Å². The zero-order valence-electron chi connectivity index (χ0n) is 17.2. The Morgan fingerprint density at radius 2 is 2.03 bits per heavy atom. The average Bonchev–Trinajstić information content (AvgIpc) is 3.19. The number of morpholine rings is 1. The molecule has 1 aromatic carbocycles. The van der Waals surface area contributed by atoms with E-state index in [2.05, 4.69) is 5.16 Å². The van der Waals surface area contributed by atoms with Crippen molar-refractivity contribution in [3.05, 3.63) is 77.3 Å². The number of aromatic nitrogens is 2. The van der Waals surface area contributed by atoms with E-state index in [0.29, 0.717) is 19.7 Å². The highest BCUT2D eigenvalue weighted by Gasteiger charge is 2.26. The van der Waals surface area contributed by atoms with Crippen molar-refractivity contribution in [1.82, 2.24) is 15.0 Å². The van der Waals surface area contributed by atoms with Crippen LogP contribution in [0.5, 0.6) is 0 Å². The highest BCUT2D eigenvalue weighted by Crippen LogP contribution is 2.29. The first-order valence-corrected chi connectivity index (χ1v) is 10.2. The summed E-state index contributed by atoms with van der Waals surface area (Å²) >= 11 is 0. The number of benzene rings is 1. The Balaban J connectivity index is 1.50. The van der Waals surface area contributed by atoms with E-state index < -0.39 is 0 Å². The summed E-state index contributed by atoms with van der Waals surface area (Å²) in [5.41, 5.74) is 4.39. The Kier molecular flexibility index (Phi) is 6.05. The molecule has 0 N–H and O–H groups in total. The molecule has 1 aliphatic rings. The third-order valence-electron chi connectivity index (χ3n) is 5.21. The monoisotopic (exact) mass is 403 g/mol. The Morgan fingerprint density at radius 3 is 2.83 bits per heavy atom. The quantitative estimate of drug-likeness (QED) is 0.597. The Labute approximate surface area is 176 Å². The summed E-state index contributed by atoms with van der Waals surface area (Å²) in [6.07, 6.45) is 3.94. The SMILES string of the molecule is CCc1onc(C)c1-c1cccc([C@H]2CN(C(=O)/C=C/c3ccccc3)CCO2)n1. The lowest BCUT2D eigenvalue weighted by Gasteiger charge is -2.32. The van der Waals surface area contributed by atoms with Gasteiger partial charge in [0.05, 0.1) is 35.8 Å². The fourth-order valence-electron chi connectivity index (χ4n) is 3.62. The van der Waals surface area contributed by atoms with Crippen LogP contribution >= 0.6 is 0 Å². The largest absolute Gasteiger partial charge is 0.368 e. The van der Waals surface area contributed by atoms with Crippen LogP contribution in [0, 0.1) is 6.92 Å². The highest BCUT2D eigenvalue weighted by molar-refractivity contribution is 5.91. The Morgan fingerprint density at radius 1 is 1.20 bits per heavy atom. The van der Waals surface area contributed by atoms with Crippen molar-refractivity contribution in [3.8, 4) is 11.3 Å². The van der Waals surface area contributed by atoms with Crippen LogP contribution in [0.1, 0.15) is 35.7 Å². The summed E-state index contributed by atoms with van der Waals surface area (Å²) in [6, 6.07) is 15.7. The second kappa shape index (κ2) is 9.05. The molecule has 2 aromatic heterocycles. The van der Waals surface area contributed by atoms with Gasteiger partial charge in [-0.15, -0.1) is 0 Å². The van der Waals surface area contributed by atoms with Crippen LogP contribution in [-0.4, -0.2) is 40.6 Å². The van der Waals surface area contributed by atoms with Gasteiger partial charge in [0, 0.05) is 19.0 Å². The summed E-state index contributed by atoms with van der Waals surface area (Å²) in [4.78, 5) is 19.3. The first-order chi connectivity index (χ1) is 14.7. The highest BCUT2D eigenvalue weighted by atomic mass is 16.5. The molecule has 3 heterocycles. The molecule has 1 amide bonds. The summed E-state index contributed by atoms with van der Waals surface area (Å²) < 4.78 is 11.4. The van der Waals surface area contributed by atoms with Gasteiger partial charge in [-0.2, -0.15) is 0 Å². The lowest BCUT2D eigenvalue weighted by Crippen LogP contribution is -2.41. The van der Waals surface area contributed by atoms with Gasteiger partial charge < -0.3 is 14.2 Å². The maximum atomic E-state index is 12.7. The van der Waals surface area contributed by atoms with Crippen molar-refractivity contribution in [1.29, 1.82) is 0 Å². The minimum atomic E-state index is -0.266. The number of hydrogen-bond donors (Lipinski definition) is 0. The van der Waals surface area contributed by atoms with Gasteiger partial charge in [0.1, 0.15) is 11.9 Å². The van der Waals surface area contributed by atoms with E-state index in [-0.39, 0.29) is 12.0 Å². The van der Waals surface area contributed by atoms with Crippen LogP contribution < -0.4 is 0 Å². The number of pyridine rings is 1. The molecule has 0 radical (unpaired) electrons. The number of carbonyl (C=O) groups excluding carboxylic acids is 1. The van der Waals surface area contributed by atoms with Crippen molar-refractivity contribution >= 4 is 12.0 Å². The minimum absolute atomic E-state index is 0.0218. The van der Waals surface area contributed by atoms with E-state index in [4.69, 9.17) is 14.2 Å². The average molecular weight is 403 g/mol. The lowest BCUT2D eigenvalue weighted by atomic mass is 10.1. The Bertz CT molecular complexity index is 1040. The van der Waals surface area contributed by atoms with Gasteiger partial charge in [0.25, 0.3) is 0 Å². The maximum Gasteiger partial charge on any atom is 0.246 e. The van der Waals surface area contributed by atoms with Crippen LogP contribution in [0.2, 0.25) is 0 Å². The lowest BCUT2D eigenvalue weighted by molar-refractivity contribution is -0.133. The van der Waals surface area contributed by atoms with E-state index in [9.17, 15) is 4.79 Å². The molecule has 0 spiro atoms. The van der Waals surface area contributed by atoms with Crippen LogP contribution in [0.25, 0.3) is 17.3 Å². The van der Waals surface area contributed by atoms with Gasteiger partial charge in [0.2, 0.25) is 5.91 Å². The number of amides is 1. The molecule has 0 saturated carbocycles. The van der Waals surface area contributed by atoms with E-state index in [1.807, 2.05) is 73.4 Å². The van der Waals surface area contributed by atoms with Gasteiger partial charge in [-0.25, -0.2) is 4.98 Å². The third-order valence-corrected chi connectivity index (χ3v) is 5.21. The summed E-state index contributed by atoms with van der Waals surface area (Å²) in [7, 11) is 0. The smallest absolute Gasteiger partial charge is 0.246 e. The first kappa shape index (κ1) is 20.0. The standard InChI is InChI=1S/C24H25N3O3/c1-3-21-24(17(2)26-30-21)20-11-7-10-19(25-20)22-16-27(14-15-29-22)23(28)13-12-18-8-5-4-6-9-18/h4-13,22H,3,14-16H2,1-2H3/b13-12+/t22-/m1/s1. The van der Waals surface area contributed by atoms with E-state index >= 15 is 0 Å². The van der Waals surface area contributed by atoms with E-state index in [1.165, 1.54) is 0 Å². The van der Waals surface area contributed by atoms with Crippen molar-refractivity contribution in [3.63, 3.8) is 0 Å². The number of hydrogen-bond acceptors (Lipinski definition) is 5. The molecule has 0 aliphatic carbocycles. The molecule has 6 nitrogen and oxygen atoms in total. The second-order valence-electron chi connectivity index (χ2n) is 7.26. The third kappa shape index (κ3) is 4.33. The van der Waals surface area contributed by atoms with Crippen molar-refractivity contribution in [2.75, 3.05) is 19.7 Å². The molecule has 0 bridgehead atoms. The molecule has 1 atom stereocenters. The molecule has 1 fully saturated rings. The number of ether oxygens (including phenoxy) is 1.